The van der Waals surface area contributed by atoms with Crippen LogP contribution in [0.25, 0.3) is 11.1 Å². The molecule has 0 spiro atoms. The number of hydrogen-bond donors (Lipinski definition) is 1. The number of aryl methyl sites for hydroxylation is 3. The van der Waals surface area contributed by atoms with Gasteiger partial charge in [0.15, 0.2) is 5.75 Å². The standard InChI is InChI=1S/C16H20N2O2.C2H6.CH3.Y/c1-4-10-18-16(20)14(15(19)13(5-2)17-18)12-9-7-6-8-11(12)3;1-2;;/h6-9,19H,4-5,10H2,1-3H3;1-2H3;1H3;/q;;-1;. The fourth-order valence-corrected chi connectivity index (χ4v) is 2.31. The van der Waals surface area contributed by atoms with Crippen LogP contribution in [-0.2, 0) is 45.7 Å². The quantitative estimate of drug-likeness (QED) is 0.768. The minimum absolute atomic E-state index is 0. The van der Waals surface area contributed by atoms with Crippen LogP contribution in [0, 0.1) is 14.4 Å². The molecule has 1 heterocycles. The Balaban J connectivity index is 0. The number of aromatic hydroxyl groups is 1. The van der Waals surface area contributed by atoms with Crippen molar-refractivity contribution >= 4 is 0 Å². The SMILES string of the molecule is CC.CCCn1nc(CC)c(O)c(-c2ccccc2C)c1=O.[CH3-].[Y]. The van der Waals surface area contributed by atoms with Crippen molar-refractivity contribution in [2.75, 3.05) is 0 Å². The van der Waals surface area contributed by atoms with Crippen molar-refractivity contribution < 1.29 is 37.8 Å². The Hall–Kier alpha value is -0.996. The molecule has 2 aromatic rings. The molecule has 0 aliphatic rings. The van der Waals surface area contributed by atoms with E-state index in [0.29, 0.717) is 24.2 Å². The third-order valence-corrected chi connectivity index (χ3v) is 3.38. The van der Waals surface area contributed by atoms with E-state index in [1.807, 2.05) is 58.9 Å². The van der Waals surface area contributed by atoms with Crippen LogP contribution in [0.3, 0.4) is 0 Å². The Bertz CT molecular complexity index is 682. The number of nitrogens with zero attached hydrogens (tertiary/aromatic N) is 2. The number of aromatic nitrogens is 2. The van der Waals surface area contributed by atoms with Crippen molar-refractivity contribution in [1.29, 1.82) is 0 Å². The minimum atomic E-state index is -0.226. The molecule has 0 aliphatic heterocycles. The zero-order valence-electron chi connectivity index (χ0n) is 15.8. The van der Waals surface area contributed by atoms with E-state index in [-0.39, 0.29) is 51.4 Å². The molecule has 0 amide bonds. The molecule has 1 radical (unpaired) electrons. The predicted molar refractivity (Wildman–Crippen MR) is 97.8 cm³/mol. The van der Waals surface area contributed by atoms with Crippen LogP contribution in [-0.4, -0.2) is 14.9 Å². The number of hydrogen-bond acceptors (Lipinski definition) is 3. The summed E-state index contributed by atoms with van der Waals surface area (Å²) in [6, 6.07) is 7.59. The van der Waals surface area contributed by atoms with Gasteiger partial charge in [-0.1, -0.05) is 52.0 Å². The van der Waals surface area contributed by atoms with Gasteiger partial charge in [-0.3, -0.25) is 4.79 Å². The maximum absolute atomic E-state index is 12.5. The largest absolute Gasteiger partial charge is 0.505 e. The maximum Gasteiger partial charge on any atom is 0.278 e. The second-order valence-corrected chi connectivity index (χ2v) is 4.87. The van der Waals surface area contributed by atoms with Crippen LogP contribution in [0.5, 0.6) is 5.75 Å². The normalized spacial score (nSPS) is 9.21. The van der Waals surface area contributed by atoms with Crippen LogP contribution in [0.4, 0.5) is 0 Å². The van der Waals surface area contributed by atoms with Crippen molar-refractivity contribution in [3.8, 4) is 16.9 Å². The zero-order chi connectivity index (χ0) is 16.7. The summed E-state index contributed by atoms with van der Waals surface area (Å²) in [5.41, 5.74) is 2.45. The summed E-state index contributed by atoms with van der Waals surface area (Å²) >= 11 is 0. The molecular weight excluding hydrogens is 377 g/mol. The molecule has 24 heavy (non-hydrogen) atoms. The van der Waals surface area contributed by atoms with Crippen LogP contribution >= 0.6 is 0 Å². The average molecular weight is 406 g/mol. The van der Waals surface area contributed by atoms with Crippen molar-refractivity contribution in [3.05, 3.63) is 53.3 Å². The monoisotopic (exact) mass is 406 g/mol. The smallest absolute Gasteiger partial charge is 0.278 e. The van der Waals surface area contributed by atoms with E-state index in [1.54, 1.807) is 0 Å². The Morgan fingerprint density at radius 2 is 1.75 bits per heavy atom. The fraction of sp³-hybridized carbons (Fsp3) is 0.421. The molecule has 0 aliphatic carbocycles. The molecule has 2 rings (SSSR count). The van der Waals surface area contributed by atoms with Gasteiger partial charge in [0.05, 0.1) is 5.56 Å². The van der Waals surface area contributed by atoms with Crippen LogP contribution in [0.1, 0.15) is 45.4 Å². The summed E-state index contributed by atoms with van der Waals surface area (Å²) in [5.74, 6) is 0.0131. The molecule has 1 aromatic carbocycles. The Morgan fingerprint density at radius 3 is 2.25 bits per heavy atom. The van der Waals surface area contributed by atoms with Gasteiger partial charge in [-0.25, -0.2) is 4.68 Å². The van der Waals surface area contributed by atoms with E-state index in [9.17, 15) is 9.90 Å². The molecular formula is C19H29N2O2Y-. The first-order chi connectivity index (χ1) is 10.6. The van der Waals surface area contributed by atoms with Gasteiger partial charge in [0, 0.05) is 39.3 Å². The van der Waals surface area contributed by atoms with E-state index in [2.05, 4.69) is 5.10 Å². The van der Waals surface area contributed by atoms with E-state index < -0.39 is 0 Å². The van der Waals surface area contributed by atoms with E-state index in [4.69, 9.17) is 0 Å². The van der Waals surface area contributed by atoms with Crippen LogP contribution < -0.4 is 5.56 Å². The summed E-state index contributed by atoms with van der Waals surface area (Å²) in [7, 11) is 0. The molecule has 0 bridgehead atoms. The second kappa shape index (κ2) is 12.4. The Labute approximate surface area is 171 Å². The molecule has 0 fully saturated rings. The third kappa shape index (κ3) is 5.52. The van der Waals surface area contributed by atoms with Crippen LogP contribution in [0.15, 0.2) is 29.1 Å². The molecule has 1 N–H and O–H groups in total. The summed E-state index contributed by atoms with van der Waals surface area (Å²) in [5, 5.41) is 14.6. The Morgan fingerprint density at radius 1 is 1.17 bits per heavy atom. The molecule has 0 saturated heterocycles. The van der Waals surface area contributed by atoms with Gasteiger partial charge < -0.3 is 12.5 Å². The van der Waals surface area contributed by atoms with E-state index in [0.717, 1.165) is 17.5 Å². The van der Waals surface area contributed by atoms with Crippen LogP contribution in [0.2, 0.25) is 0 Å². The van der Waals surface area contributed by atoms with Gasteiger partial charge in [-0.2, -0.15) is 5.10 Å². The first-order valence-corrected chi connectivity index (χ1v) is 7.99. The first kappa shape index (κ1) is 25.2. The average Bonchev–Trinajstić information content (AvgIpc) is 2.54. The van der Waals surface area contributed by atoms with E-state index >= 15 is 0 Å². The minimum Gasteiger partial charge on any atom is -0.505 e. The summed E-state index contributed by atoms with van der Waals surface area (Å²) in [6.45, 7) is 10.4. The predicted octanol–water partition coefficient (Wildman–Crippen LogP) is 4.37. The number of benzene rings is 1. The third-order valence-electron chi connectivity index (χ3n) is 3.38. The molecule has 131 valence electrons. The summed E-state index contributed by atoms with van der Waals surface area (Å²) in [4.78, 5) is 12.5. The van der Waals surface area contributed by atoms with Crippen molar-refractivity contribution in [2.24, 2.45) is 0 Å². The van der Waals surface area contributed by atoms with Gasteiger partial charge in [-0.05, 0) is 30.9 Å². The summed E-state index contributed by atoms with van der Waals surface area (Å²) in [6.07, 6.45) is 1.42. The van der Waals surface area contributed by atoms with Crippen molar-refractivity contribution in [1.82, 2.24) is 9.78 Å². The molecule has 4 nitrogen and oxygen atoms in total. The van der Waals surface area contributed by atoms with E-state index in [1.165, 1.54) is 4.68 Å². The maximum atomic E-state index is 12.5. The molecule has 0 atom stereocenters. The molecule has 0 saturated carbocycles. The second-order valence-electron chi connectivity index (χ2n) is 4.87. The van der Waals surface area contributed by atoms with Gasteiger partial charge >= 0.3 is 0 Å². The molecule has 1 aromatic heterocycles. The van der Waals surface area contributed by atoms with Crippen molar-refractivity contribution in [3.63, 3.8) is 0 Å². The first-order valence-electron chi connectivity index (χ1n) is 7.99. The van der Waals surface area contributed by atoms with Gasteiger partial charge in [0.25, 0.3) is 5.56 Å². The fourth-order valence-electron chi connectivity index (χ4n) is 2.31. The Kier molecular flexibility index (Phi) is 13.0. The molecule has 5 heteroatoms. The topological polar surface area (TPSA) is 55.1 Å². The summed E-state index contributed by atoms with van der Waals surface area (Å²) < 4.78 is 1.46. The van der Waals surface area contributed by atoms with Gasteiger partial charge in [-0.15, -0.1) is 0 Å². The van der Waals surface area contributed by atoms with Gasteiger partial charge in [0.1, 0.15) is 5.69 Å². The van der Waals surface area contributed by atoms with Gasteiger partial charge in [0.2, 0.25) is 0 Å². The molecule has 0 unspecified atom stereocenters. The van der Waals surface area contributed by atoms with Crippen molar-refractivity contribution in [2.45, 2.75) is 54.0 Å². The zero-order valence-corrected chi connectivity index (χ0v) is 18.6. The number of rotatable bonds is 4.